The van der Waals surface area contributed by atoms with Crippen LogP contribution < -0.4 is 4.89 Å². The zero-order chi connectivity index (χ0) is 21.1. The smallest absolute Gasteiger partial charge is 0.192 e. The molecular formula is C19H36O7PS-. The van der Waals surface area contributed by atoms with Crippen LogP contribution in [0.5, 0.6) is 0 Å². The van der Waals surface area contributed by atoms with Gasteiger partial charge in [-0.15, -0.1) is 0 Å². The summed E-state index contributed by atoms with van der Waals surface area (Å²) >= 11 is 0.824. The van der Waals surface area contributed by atoms with Gasteiger partial charge in [0.1, 0.15) is 0 Å². The van der Waals surface area contributed by atoms with E-state index < -0.39 is 12.9 Å². The molecule has 9 heteroatoms. The van der Waals surface area contributed by atoms with E-state index in [-0.39, 0.29) is 54.2 Å². The lowest BCUT2D eigenvalue weighted by Gasteiger charge is -2.31. The van der Waals surface area contributed by atoms with Gasteiger partial charge in [-0.05, 0) is 53.4 Å². The van der Waals surface area contributed by atoms with Crippen molar-refractivity contribution in [3.8, 4) is 0 Å². The maximum Gasteiger partial charge on any atom is 0.192 e. The Morgan fingerprint density at radius 2 is 1.86 bits per heavy atom. The molecule has 1 aliphatic carbocycles. The van der Waals surface area contributed by atoms with Crippen molar-refractivity contribution in [2.24, 2.45) is 11.8 Å². The van der Waals surface area contributed by atoms with Crippen LogP contribution in [-0.4, -0.2) is 60.2 Å². The van der Waals surface area contributed by atoms with Crippen molar-refractivity contribution in [3.63, 3.8) is 0 Å². The third kappa shape index (κ3) is 7.24. The molecule has 28 heavy (non-hydrogen) atoms. The molecule has 7 nitrogen and oxygen atoms in total. The van der Waals surface area contributed by atoms with Crippen LogP contribution >= 0.6 is 18.2 Å². The van der Waals surface area contributed by atoms with Crippen LogP contribution in [0.15, 0.2) is 0 Å². The highest BCUT2D eigenvalue weighted by Crippen LogP contribution is 2.57. The minimum atomic E-state index is -4.15. The second-order valence-corrected chi connectivity index (χ2v) is 12.5. The van der Waals surface area contributed by atoms with Gasteiger partial charge in [0, 0.05) is 11.2 Å². The van der Waals surface area contributed by atoms with Crippen LogP contribution in [0.1, 0.15) is 54.4 Å². The molecule has 1 saturated heterocycles. The van der Waals surface area contributed by atoms with Gasteiger partial charge >= 0.3 is 0 Å². The molecular weight excluding hydrogens is 403 g/mol. The fraction of sp³-hybridized carbons (Fsp3) is 1.00. The van der Waals surface area contributed by atoms with Crippen molar-refractivity contribution < 1.29 is 33.3 Å². The van der Waals surface area contributed by atoms with E-state index in [9.17, 15) is 14.6 Å². The molecule has 0 amide bonds. The number of hydrogen-bond acceptors (Lipinski definition) is 8. The van der Waals surface area contributed by atoms with Crippen LogP contribution in [0.4, 0.5) is 0 Å². The molecule has 0 bridgehead atoms. The first-order chi connectivity index (χ1) is 13.0. The van der Waals surface area contributed by atoms with Gasteiger partial charge in [0.25, 0.3) is 0 Å². The largest absolute Gasteiger partial charge is 0.770 e. The van der Waals surface area contributed by atoms with Crippen LogP contribution in [-0.2, 0) is 23.3 Å². The second-order valence-electron chi connectivity index (χ2n) is 8.58. The summed E-state index contributed by atoms with van der Waals surface area (Å²) in [5.41, 5.74) is 0. The Balaban J connectivity index is 1.92. The third-order valence-electron chi connectivity index (χ3n) is 5.22. The van der Waals surface area contributed by atoms with E-state index in [0.29, 0.717) is 19.4 Å². The molecule has 1 heterocycles. The van der Waals surface area contributed by atoms with Crippen molar-refractivity contribution >= 4 is 18.2 Å². The van der Waals surface area contributed by atoms with Gasteiger partial charge in [-0.2, -0.15) is 0 Å². The summed E-state index contributed by atoms with van der Waals surface area (Å²) in [5, 5.41) is 10.2. The summed E-state index contributed by atoms with van der Waals surface area (Å²) in [5.74, 6) is -0.295. The highest BCUT2D eigenvalue weighted by molar-refractivity contribution is 8.54. The van der Waals surface area contributed by atoms with E-state index >= 15 is 0 Å². The van der Waals surface area contributed by atoms with Crippen LogP contribution in [0.2, 0.25) is 0 Å². The van der Waals surface area contributed by atoms with Crippen molar-refractivity contribution in [3.05, 3.63) is 0 Å². The first kappa shape index (κ1) is 24.6. The van der Waals surface area contributed by atoms with Crippen molar-refractivity contribution in [2.75, 3.05) is 13.2 Å². The highest BCUT2D eigenvalue weighted by atomic mass is 32.7. The van der Waals surface area contributed by atoms with Crippen molar-refractivity contribution in [1.82, 2.24) is 0 Å². The van der Waals surface area contributed by atoms with Crippen molar-refractivity contribution in [1.29, 1.82) is 0 Å². The molecule has 2 rings (SSSR count). The minimum Gasteiger partial charge on any atom is -0.770 e. The molecule has 0 spiro atoms. The highest BCUT2D eigenvalue weighted by Gasteiger charge is 2.42. The Morgan fingerprint density at radius 3 is 2.46 bits per heavy atom. The lowest BCUT2D eigenvalue weighted by molar-refractivity contribution is -0.192. The molecule has 4 unspecified atom stereocenters. The lowest BCUT2D eigenvalue weighted by atomic mass is 10.0. The Labute approximate surface area is 173 Å². The summed E-state index contributed by atoms with van der Waals surface area (Å²) in [7, 11) is 0. The van der Waals surface area contributed by atoms with E-state index in [1.807, 2.05) is 41.5 Å². The molecule has 2 fully saturated rings. The molecule has 8 atom stereocenters. The molecule has 166 valence electrons. The van der Waals surface area contributed by atoms with Gasteiger partial charge in [-0.3, -0.25) is 4.57 Å². The molecule has 1 saturated carbocycles. The predicted octanol–water partition coefficient (Wildman–Crippen LogP) is 2.99. The molecule has 1 N–H and O–H groups in total. The number of rotatable bonds is 10. The number of hydrogen-bond donors (Lipinski definition) is 1. The van der Waals surface area contributed by atoms with Gasteiger partial charge in [-0.1, -0.05) is 18.3 Å². The minimum absolute atomic E-state index is 0.0114. The van der Waals surface area contributed by atoms with Crippen LogP contribution in [0, 0.1) is 11.8 Å². The summed E-state index contributed by atoms with van der Waals surface area (Å²) in [4.78, 5) is 12.6. The summed E-state index contributed by atoms with van der Waals surface area (Å²) < 4.78 is 35.3. The fourth-order valence-corrected chi connectivity index (χ4v) is 7.28. The molecule has 0 aromatic heterocycles. The Hall–Kier alpha value is 0.340. The number of aliphatic hydroxyl groups excluding tert-OH is 1. The maximum atomic E-state index is 12.6. The first-order valence-corrected chi connectivity index (χ1v) is 13.3. The Morgan fingerprint density at radius 1 is 1.18 bits per heavy atom. The maximum absolute atomic E-state index is 12.6. The van der Waals surface area contributed by atoms with Crippen molar-refractivity contribution in [2.45, 2.75) is 96.3 Å². The molecule has 0 aromatic carbocycles. The topological polar surface area (TPSA) is 97.3 Å². The van der Waals surface area contributed by atoms with E-state index in [2.05, 4.69) is 0 Å². The monoisotopic (exact) mass is 439 g/mol. The van der Waals surface area contributed by atoms with Gasteiger partial charge < -0.3 is 28.7 Å². The summed E-state index contributed by atoms with van der Waals surface area (Å²) in [6, 6.07) is 0. The zero-order valence-corrected chi connectivity index (χ0v) is 19.5. The SMILES string of the molecule is CC(C)OC[C@H]1O[C@@H](C)CC1SP(=O)([O-])OC[C@@H]1C(OC(C)C)C[C@H](C)C1O. The number of aliphatic hydroxyl groups is 1. The number of ether oxygens (including phenoxy) is 3. The third-order valence-corrected chi connectivity index (χ3v) is 8.61. The van der Waals surface area contributed by atoms with Crippen LogP contribution in [0.25, 0.3) is 0 Å². The first-order valence-electron chi connectivity index (χ1n) is 10.2. The molecule has 1 aliphatic heterocycles. The Kier molecular flexibility index (Phi) is 9.30. The normalized spacial score (nSPS) is 38.4. The average Bonchev–Trinajstić information content (AvgIpc) is 3.02. The van der Waals surface area contributed by atoms with E-state index in [4.69, 9.17) is 18.7 Å². The molecule has 0 aromatic rings. The fourth-order valence-electron chi connectivity index (χ4n) is 3.87. The van der Waals surface area contributed by atoms with E-state index in [1.54, 1.807) is 0 Å². The van der Waals surface area contributed by atoms with Gasteiger partial charge in [-0.25, -0.2) is 0 Å². The van der Waals surface area contributed by atoms with Crippen LogP contribution in [0.3, 0.4) is 0 Å². The van der Waals surface area contributed by atoms with Gasteiger partial charge in [0.05, 0.1) is 49.8 Å². The molecule has 2 aliphatic rings. The average molecular weight is 440 g/mol. The summed E-state index contributed by atoms with van der Waals surface area (Å²) in [6.45, 7) is 7.77. The quantitative estimate of drug-likeness (QED) is 0.519. The standard InChI is InChI=1S/C19H37O7PS/c1-11(2)23-10-17-18(8-14(6)26-17)28-27(21,22)24-9-15-16(25-12(3)4)7-13(5)19(15)20/h11-20H,7-10H2,1-6H3,(H,21,22)/p-1/t13-,14-,15+,16?,17+,18?,19?/m0/s1. The predicted molar refractivity (Wildman–Crippen MR) is 108 cm³/mol. The Bertz CT molecular complexity index is 530. The summed E-state index contributed by atoms with van der Waals surface area (Å²) in [6.07, 6.45) is 0.289. The van der Waals surface area contributed by atoms with E-state index in [0.717, 1.165) is 11.4 Å². The second kappa shape index (κ2) is 10.6. The zero-order valence-electron chi connectivity index (χ0n) is 17.8. The lowest BCUT2D eigenvalue weighted by Crippen LogP contribution is -2.32. The van der Waals surface area contributed by atoms with Gasteiger partial charge in [0.15, 0.2) is 6.80 Å². The van der Waals surface area contributed by atoms with E-state index in [1.165, 1.54) is 0 Å². The van der Waals surface area contributed by atoms with Gasteiger partial charge in [0.2, 0.25) is 0 Å². The molecule has 0 radical (unpaired) electrons.